The normalized spacial score (nSPS) is 14.5. The number of hydrogen-bond donors (Lipinski definition) is 0. The second-order valence-corrected chi connectivity index (χ2v) is 7.57. The fraction of sp³-hybridized carbons (Fsp3) is 0.364. The molecule has 0 amide bonds. The molecule has 9 heteroatoms. The summed E-state index contributed by atoms with van der Waals surface area (Å²) in [5.74, 6) is 2.64. The standard InChI is InChI=1S/C22H26N4O4S/c1-27-18-6-4-17(5-7-18)25-10-8-24(9-11-25)15-26-22(31)30-21(23-26)16-12-19(28-2)14-20(13-16)29-3/h4-7,12-14H,8-11,15H2,1-3H3. The Bertz CT molecular complexity index is 1050. The van der Waals surface area contributed by atoms with Crippen molar-refractivity contribution in [1.82, 2.24) is 14.7 Å². The molecule has 1 aliphatic heterocycles. The molecular formula is C22H26N4O4S. The first-order valence-corrected chi connectivity index (χ1v) is 10.4. The molecule has 164 valence electrons. The van der Waals surface area contributed by atoms with Crippen LogP contribution in [0.4, 0.5) is 5.69 Å². The van der Waals surface area contributed by atoms with E-state index in [1.807, 2.05) is 24.3 Å². The average molecular weight is 443 g/mol. The number of rotatable bonds is 7. The van der Waals surface area contributed by atoms with Gasteiger partial charge >= 0.3 is 0 Å². The number of benzene rings is 2. The highest BCUT2D eigenvalue weighted by molar-refractivity contribution is 7.71. The van der Waals surface area contributed by atoms with Crippen molar-refractivity contribution < 1.29 is 18.6 Å². The molecule has 2 heterocycles. The average Bonchev–Trinajstić information content (AvgIpc) is 3.19. The molecule has 1 saturated heterocycles. The Kier molecular flexibility index (Phi) is 6.43. The molecule has 1 aliphatic rings. The molecule has 8 nitrogen and oxygen atoms in total. The maximum absolute atomic E-state index is 5.76. The Balaban J connectivity index is 1.42. The van der Waals surface area contributed by atoms with E-state index in [9.17, 15) is 0 Å². The molecule has 1 fully saturated rings. The van der Waals surface area contributed by atoms with Crippen molar-refractivity contribution in [2.24, 2.45) is 0 Å². The van der Waals surface area contributed by atoms with Gasteiger partial charge in [-0.05, 0) is 48.6 Å². The summed E-state index contributed by atoms with van der Waals surface area (Å²) in [6, 6.07) is 13.7. The molecule has 1 aromatic heterocycles. The fourth-order valence-electron chi connectivity index (χ4n) is 3.57. The third-order valence-electron chi connectivity index (χ3n) is 5.35. The summed E-state index contributed by atoms with van der Waals surface area (Å²) in [6.45, 7) is 4.25. The molecule has 0 saturated carbocycles. The van der Waals surface area contributed by atoms with Crippen molar-refractivity contribution in [2.75, 3.05) is 52.4 Å². The Labute approximate surface area is 186 Å². The van der Waals surface area contributed by atoms with Gasteiger partial charge in [0.05, 0.1) is 28.0 Å². The number of anilines is 1. The van der Waals surface area contributed by atoms with Gasteiger partial charge in [-0.3, -0.25) is 4.90 Å². The molecule has 0 unspecified atom stereocenters. The molecule has 0 aliphatic carbocycles. The topological polar surface area (TPSA) is 65.1 Å². The summed E-state index contributed by atoms with van der Waals surface area (Å²) in [7, 11) is 4.90. The number of hydrogen-bond acceptors (Lipinski definition) is 8. The molecule has 31 heavy (non-hydrogen) atoms. The second kappa shape index (κ2) is 9.40. The van der Waals surface area contributed by atoms with Gasteiger partial charge in [-0.1, -0.05) is 0 Å². The first kappa shape index (κ1) is 21.2. The van der Waals surface area contributed by atoms with Crippen LogP contribution in [0.2, 0.25) is 0 Å². The largest absolute Gasteiger partial charge is 0.497 e. The van der Waals surface area contributed by atoms with Crippen LogP contribution < -0.4 is 19.1 Å². The van der Waals surface area contributed by atoms with E-state index in [1.54, 1.807) is 32.1 Å². The summed E-state index contributed by atoms with van der Waals surface area (Å²) in [4.78, 5) is 5.02. The SMILES string of the molecule is COc1ccc(N2CCN(Cn3nc(-c4cc(OC)cc(OC)c4)oc3=S)CC2)cc1. The van der Waals surface area contributed by atoms with Crippen molar-refractivity contribution in [3.63, 3.8) is 0 Å². The molecule has 2 aromatic carbocycles. The maximum Gasteiger partial charge on any atom is 0.288 e. The van der Waals surface area contributed by atoms with E-state index in [-0.39, 0.29) is 0 Å². The number of piperazine rings is 1. The van der Waals surface area contributed by atoms with E-state index >= 15 is 0 Å². The lowest BCUT2D eigenvalue weighted by atomic mass is 10.2. The first-order chi connectivity index (χ1) is 15.1. The highest BCUT2D eigenvalue weighted by atomic mass is 32.1. The quantitative estimate of drug-likeness (QED) is 0.514. The summed E-state index contributed by atoms with van der Waals surface area (Å²) < 4.78 is 23.4. The number of nitrogens with zero attached hydrogens (tertiary/aromatic N) is 4. The van der Waals surface area contributed by atoms with E-state index in [1.165, 1.54) is 5.69 Å². The third kappa shape index (κ3) is 4.83. The monoisotopic (exact) mass is 442 g/mol. The van der Waals surface area contributed by atoms with Crippen LogP contribution in [-0.4, -0.2) is 62.2 Å². The minimum absolute atomic E-state index is 0.342. The van der Waals surface area contributed by atoms with Gasteiger partial charge in [0.15, 0.2) is 0 Å². The van der Waals surface area contributed by atoms with Crippen molar-refractivity contribution in [3.8, 4) is 28.7 Å². The summed E-state index contributed by atoms with van der Waals surface area (Å²) in [5, 5.41) is 4.59. The Hall–Kier alpha value is -3.04. The molecular weight excluding hydrogens is 416 g/mol. The molecule has 0 radical (unpaired) electrons. The third-order valence-corrected chi connectivity index (χ3v) is 5.64. The van der Waals surface area contributed by atoms with Gasteiger partial charge in [-0.15, -0.1) is 5.10 Å². The Morgan fingerprint density at radius 3 is 2.06 bits per heavy atom. The van der Waals surface area contributed by atoms with Crippen molar-refractivity contribution >= 4 is 17.9 Å². The van der Waals surface area contributed by atoms with Crippen LogP contribution >= 0.6 is 12.2 Å². The van der Waals surface area contributed by atoms with E-state index < -0.39 is 0 Å². The van der Waals surface area contributed by atoms with Crippen LogP contribution in [0.5, 0.6) is 17.2 Å². The van der Waals surface area contributed by atoms with E-state index in [0.29, 0.717) is 28.9 Å². The van der Waals surface area contributed by atoms with E-state index in [0.717, 1.165) is 37.5 Å². The lowest BCUT2D eigenvalue weighted by Gasteiger charge is -2.35. The summed E-state index contributed by atoms with van der Waals surface area (Å²) in [5.41, 5.74) is 1.96. The lowest BCUT2D eigenvalue weighted by Crippen LogP contribution is -2.46. The minimum atomic E-state index is 0.342. The molecule has 0 spiro atoms. The number of methoxy groups -OCH3 is 3. The fourth-order valence-corrected chi connectivity index (χ4v) is 3.75. The smallest absolute Gasteiger partial charge is 0.288 e. The van der Waals surface area contributed by atoms with E-state index in [2.05, 4.69) is 27.0 Å². The number of ether oxygens (including phenoxy) is 3. The van der Waals surface area contributed by atoms with Gasteiger partial charge in [0.2, 0.25) is 5.89 Å². The molecule has 0 bridgehead atoms. The van der Waals surface area contributed by atoms with Gasteiger partial charge in [0.1, 0.15) is 17.2 Å². The lowest BCUT2D eigenvalue weighted by molar-refractivity contribution is 0.192. The predicted molar refractivity (Wildman–Crippen MR) is 121 cm³/mol. The summed E-state index contributed by atoms with van der Waals surface area (Å²) in [6.07, 6.45) is 0. The van der Waals surface area contributed by atoms with Gasteiger partial charge in [-0.25, -0.2) is 4.68 Å². The van der Waals surface area contributed by atoms with Gasteiger partial charge in [-0.2, -0.15) is 0 Å². The molecule has 0 N–H and O–H groups in total. The molecule has 3 aromatic rings. The highest BCUT2D eigenvalue weighted by Crippen LogP contribution is 2.29. The predicted octanol–water partition coefficient (Wildman–Crippen LogP) is 3.68. The zero-order valence-corrected chi connectivity index (χ0v) is 18.7. The van der Waals surface area contributed by atoms with E-state index in [4.69, 9.17) is 30.8 Å². The van der Waals surface area contributed by atoms with Crippen LogP contribution in [0.15, 0.2) is 46.9 Å². The second-order valence-electron chi connectivity index (χ2n) is 7.22. The van der Waals surface area contributed by atoms with Crippen LogP contribution in [0.3, 0.4) is 0 Å². The molecule has 4 rings (SSSR count). The summed E-state index contributed by atoms with van der Waals surface area (Å²) >= 11 is 5.41. The van der Waals surface area contributed by atoms with Gasteiger partial charge in [0, 0.05) is 43.5 Å². The van der Waals surface area contributed by atoms with Crippen LogP contribution in [0.1, 0.15) is 0 Å². The maximum atomic E-state index is 5.76. The highest BCUT2D eigenvalue weighted by Gasteiger charge is 2.19. The minimum Gasteiger partial charge on any atom is -0.497 e. The van der Waals surface area contributed by atoms with Crippen LogP contribution in [0, 0.1) is 4.84 Å². The van der Waals surface area contributed by atoms with Crippen molar-refractivity contribution in [1.29, 1.82) is 0 Å². The van der Waals surface area contributed by atoms with Crippen LogP contribution in [-0.2, 0) is 6.67 Å². The zero-order chi connectivity index (χ0) is 21.8. The van der Waals surface area contributed by atoms with Gasteiger partial charge in [0.25, 0.3) is 4.84 Å². The van der Waals surface area contributed by atoms with Gasteiger partial charge < -0.3 is 23.5 Å². The number of aromatic nitrogens is 2. The zero-order valence-electron chi connectivity index (χ0n) is 17.9. The van der Waals surface area contributed by atoms with Crippen molar-refractivity contribution in [2.45, 2.75) is 6.67 Å². The molecule has 0 atom stereocenters. The van der Waals surface area contributed by atoms with Crippen LogP contribution in [0.25, 0.3) is 11.5 Å². The Morgan fingerprint density at radius 1 is 0.871 bits per heavy atom. The Morgan fingerprint density at radius 2 is 1.48 bits per heavy atom. The van der Waals surface area contributed by atoms with Crippen molar-refractivity contribution in [3.05, 3.63) is 47.3 Å². The first-order valence-electron chi connectivity index (χ1n) is 10.0.